The summed E-state index contributed by atoms with van der Waals surface area (Å²) < 4.78 is 51.4. The first-order chi connectivity index (χ1) is 15.1. The largest absolute Gasteiger partial charge is 0.337 e. The molecule has 1 heterocycles. The van der Waals surface area contributed by atoms with Crippen LogP contribution in [0.15, 0.2) is 82.6 Å². The molecule has 1 aromatic heterocycles. The number of nitrogens with zero attached hydrogens (tertiary/aromatic N) is 2. The molecule has 11 heteroatoms. The van der Waals surface area contributed by atoms with Gasteiger partial charge in [-0.1, -0.05) is 24.3 Å². The molecule has 0 unspecified atom stereocenters. The number of fused-ring (bicyclic) bond motifs is 1. The third-order valence-electron chi connectivity index (χ3n) is 4.55. The van der Waals surface area contributed by atoms with Crippen LogP contribution in [-0.2, 0) is 20.0 Å². The second-order valence-corrected chi connectivity index (χ2v) is 10.3. The highest BCUT2D eigenvalue weighted by atomic mass is 32.2. The van der Waals surface area contributed by atoms with Crippen LogP contribution < -0.4 is 15.2 Å². The summed E-state index contributed by atoms with van der Waals surface area (Å²) >= 11 is 0. The Morgan fingerprint density at radius 1 is 0.750 bits per heavy atom. The Morgan fingerprint density at radius 3 is 1.97 bits per heavy atom. The maximum absolute atomic E-state index is 13.0. The van der Waals surface area contributed by atoms with Gasteiger partial charge in [0, 0.05) is 5.69 Å². The minimum atomic E-state index is -3.93. The number of rotatable bonds is 6. The molecule has 3 aromatic carbocycles. The lowest BCUT2D eigenvalue weighted by Crippen LogP contribution is -2.16. The van der Waals surface area contributed by atoms with E-state index in [0.717, 1.165) is 5.56 Å². The van der Waals surface area contributed by atoms with Gasteiger partial charge in [-0.2, -0.15) is 0 Å². The number of aryl methyl sites for hydroxylation is 1. The van der Waals surface area contributed by atoms with Crippen molar-refractivity contribution in [3.05, 3.63) is 78.4 Å². The number of para-hydroxylation sites is 2. The van der Waals surface area contributed by atoms with Gasteiger partial charge in [0.2, 0.25) is 10.0 Å². The smallest absolute Gasteiger partial charge is 0.263 e. The SMILES string of the molecule is Cc1cccc(S(=O)(=O)Nc2nc3ccccc3nc2Nc2ccc(S(N)(=O)=O)cc2)c1. The maximum Gasteiger partial charge on any atom is 0.263 e. The standard InChI is InChI=1S/C21H19N5O4S2/c1-14-5-4-6-17(13-14)32(29,30)26-21-20(24-18-7-2-3-8-19(18)25-21)23-15-9-11-16(12-10-15)31(22,27)28/h2-13H,1H3,(H,23,24)(H,25,26)(H2,22,27,28). The molecule has 164 valence electrons. The Hall–Kier alpha value is -3.54. The van der Waals surface area contributed by atoms with Gasteiger partial charge in [0.15, 0.2) is 11.6 Å². The number of anilines is 3. The van der Waals surface area contributed by atoms with Gasteiger partial charge in [-0.3, -0.25) is 4.72 Å². The molecular formula is C21H19N5O4S2. The number of aromatic nitrogens is 2. The summed E-state index contributed by atoms with van der Waals surface area (Å²) in [4.78, 5) is 8.97. The molecule has 0 saturated carbocycles. The number of primary sulfonamides is 1. The fourth-order valence-electron chi connectivity index (χ4n) is 2.99. The van der Waals surface area contributed by atoms with Crippen molar-refractivity contribution in [2.24, 2.45) is 5.14 Å². The fraction of sp³-hybridized carbons (Fsp3) is 0.0476. The summed E-state index contributed by atoms with van der Waals surface area (Å²) in [6.45, 7) is 1.80. The molecule has 32 heavy (non-hydrogen) atoms. The second-order valence-electron chi connectivity index (χ2n) is 7.03. The molecule has 0 spiro atoms. The van der Waals surface area contributed by atoms with Crippen LogP contribution in [0.25, 0.3) is 11.0 Å². The molecule has 0 amide bonds. The highest BCUT2D eigenvalue weighted by Gasteiger charge is 2.19. The first-order valence-electron chi connectivity index (χ1n) is 9.38. The van der Waals surface area contributed by atoms with Crippen LogP contribution in [0, 0.1) is 6.92 Å². The summed E-state index contributed by atoms with van der Waals surface area (Å²) in [5, 5.41) is 8.13. The number of benzene rings is 3. The number of nitrogens with one attached hydrogen (secondary N) is 2. The highest BCUT2D eigenvalue weighted by molar-refractivity contribution is 7.92. The monoisotopic (exact) mass is 469 g/mol. The summed E-state index contributed by atoms with van der Waals surface area (Å²) in [7, 11) is -7.77. The van der Waals surface area contributed by atoms with E-state index in [1.54, 1.807) is 49.4 Å². The Bertz CT molecular complexity index is 1520. The summed E-state index contributed by atoms with van der Waals surface area (Å²) in [6.07, 6.45) is 0. The predicted octanol–water partition coefficient (Wildman–Crippen LogP) is 3.13. The van der Waals surface area contributed by atoms with Gasteiger partial charge < -0.3 is 5.32 Å². The van der Waals surface area contributed by atoms with Gasteiger partial charge in [-0.25, -0.2) is 31.9 Å². The van der Waals surface area contributed by atoms with Crippen LogP contribution in [0.3, 0.4) is 0 Å². The van der Waals surface area contributed by atoms with E-state index in [-0.39, 0.29) is 21.4 Å². The average Bonchev–Trinajstić information content (AvgIpc) is 2.74. The zero-order valence-corrected chi connectivity index (χ0v) is 18.5. The van der Waals surface area contributed by atoms with Crippen LogP contribution >= 0.6 is 0 Å². The quantitative estimate of drug-likeness (QED) is 0.393. The van der Waals surface area contributed by atoms with Crippen LogP contribution in [0.2, 0.25) is 0 Å². The Morgan fingerprint density at radius 2 is 1.38 bits per heavy atom. The van der Waals surface area contributed by atoms with E-state index < -0.39 is 20.0 Å². The van der Waals surface area contributed by atoms with Gasteiger partial charge in [0.1, 0.15) is 0 Å². The van der Waals surface area contributed by atoms with Crippen molar-refractivity contribution in [3.8, 4) is 0 Å². The molecule has 0 radical (unpaired) electrons. The molecule has 0 aliphatic heterocycles. The summed E-state index contributed by atoms with van der Waals surface area (Å²) in [6, 6.07) is 19.2. The first-order valence-corrected chi connectivity index (χ1v) is 12.4. The third kappa shape index (κ3) is 4.69. The molecule has 4 N–H and O–H groups in total. The molecule has 4 rings (SSSR count). The van der Waals surface area contributed by atoms with Crippen molar-refractivity contribution in [1.82, 2.24) is 9.97 Å². The minimum Gasteiger partial charge on any atom is -0.337 e. The molecule has 0 bridgehead atoms. The molecule has 0 aliphatic carbocycles. The normalized spacial score (nSPS) is 11.9. The number of hydrogen-bond donors (Lipinski definition) is 3. The van der Waals surface area contributed by atoms with E-state index >= 15 is 0 Å². The first kappa shape index (κ1) is 21.7. The molecular weight excluding hydrogens is 450 g/mol. The van der Waals surface area contributed by atoms with Crippen molar-refractivity contribution in [1.29, 1.82) is 0 Å². The molecule has 4 aromatic rings. The maximum atomic E-state index is 13.0. The lowest BCUT2D eigenvalue weighted by atomic mass is 10.2. The zero-order chi connectivity index (χ0) is 22.9. The number of nitrogens with two attached hydrogens (primary N) is 1. The Labute approximate surface area is 185 Å². The predicted molar refractivity (Wildman–Crippen MR) is 123 cm³/mol. The minimum absolute atomic E-state index is 0.000675. The lowest BCUT2D eigenvalue weighted by molar-refractivity contribution is 0.597. The van der Waals surface area contributed by atoms with Gasteiger partial charge in [0.25, 0.3) is 10.0 Å². The van der Waals surface area contributed by atoms with Gasteiger partial charge in [-0.15, -0.1) is 0 Å². The number of sulfonamides is 2. The van der Waals surface area contributed by atoms with Crippen LogP contribution in [0.4, 0.5) is 17.3 Å². The molecule has 0 aliphatic rings. The van der Waals surface area contributed by atoms with Crippen molar-refractivity contribution in [2.45, 2.75) is 16.7 Å². The van der Waals surface area contributed by atoms with Crippen molar-refractivity contribution in [2.75, 3.05) is 10.0 Å². The van der Waals surface area contributed by atoms with E-state index in [4.69, 9.17) is 5.14 Å². The fourth-order valence-corrected chi connectivity index (χ4v) is 4.62. The Kier molecular flexibility index (Phi) is 5.55. The highest BCUT2D eigenvalue weighted by Crippen LogP contribution is 2.27. The molecule has 9 nitrogen and oxygen atoms in total. The van der Waals surface area contributed by atoms with E-state index in [9.17, 15) is 16.8 Å². The van der Waals surface area contributed by atoms with E-state index in [2.05, 4.69) is 20.0 Å². The van der Waals surface area contributed by atoms with Crippen LogP contribution in [0.1, 0.15) is 5.56 Å². The molecule has 0 fully saturated rings. The van der Waals surface area contributed by atoms with Crippen molar-refractivity contribution >= 4 is 48.4 Å². The lowest BCUT2D eigenvalue weighted by Gasteiger charge is -2.14. The van der Waals surface area contributed by atoms with Crippen LogP contribution in [-0.4, -0.2) is 26.8 Å². The Balaban J connectivity index is 1.75. The topological polar surface area (TPSA) is 144 Å². The van der Waals surface area contributed by atoms with E-state index in [1.807, 2.05) is 0 Å². The third-order valence-corrected chi connectivity index (χ3v) is 6.81. The van der Waals surface area contributed by atoms with E-state index in [0.29, 0.717) is 16.7 Å². The van der Waals surface area contributed by atoms with Gasteiger partial charge in [-0.05, 0) is 61.0 Å². The van der Waals surface area contributed by atoms with Crippen molar-refractivity contribution < 1.29 is 16.8 Å². The zero-order valence-electron chi connectivity index (χ0n) is 16.8. The summed E-state index contributed by atoms with van der Waals surface area (Å²) in [5.41, 5.74) is 2.32. The van der Waals surface area contributed by atoms with Gasteiger partial charge in [0.05, 0.1) is 20.8 Å². The summed E-state index contributed by atoms with van der Waals surface area (Å²) in [5.74, 6) is 0.156. The van der Waals surface area contributed by atoms with Crippen molar-refractivity contribution in [3.63, 3.8) is 0 Å². The van der Waals surface area contributed by atoms with E-state index in [1.165, 1.54) is 30.3 Å². The van der Waals surface area contributed by atoms with Gasteiger partial charge >= 0.3 is 0 Å². The van der Waals surface area contributed by atoms with Crippen LogP contribution in [0.5, 0.6) is 0 Å². The molecule has 0 saturated heterocycles. The average molecular weight is 470 g/mol. The number of hydrogen-bond acceptors (Lipinski definition) is 7. The molecule has 0 atom stereocenters. The second kappa shape index (κ2) is 8.19.